The van der Waals surface area contributed by atoms with Crippen molar-refractivity contribution in [1.82, 2.24) is 0 Å². The largest absolute Gasteiger partial charge is 0.455 e. The molecule has 2 saturated carbocycles. The fraction of sp³-hybridized carbons (Fsp3) is 0.750. The van der Waals surface area contributed by atoms with Crippen LogP contribution in [0.25, 0.3) is 0 Å². The van der Waals surface area contributed by atoms with E-state index in [1.165, 1.54) is 38.2 Å². The zero-order valence-corrected chi connectivity index (χ0v) is 17.6. The molecule has 0 aromatic carbocycles. The van der Waals surface area contributed by atoms with Gasteiger partial charge >= 0.3 is 5.97 Å². The van der Waals surface area contributed by atoms with Crippen LogP contribution in [-0.2, 0) is 14.3 Å². The Hall–Kier alpha value is -1.38. The molecule has 0 aromatic heterocycles. The summed E-state index contributed by atoms with van der Waals surface area (Å²) in [5.74, 6) is 1.76. The molecule has 3 heteroatoms. The van der Waals surface area contributed by atoms with E-state index in [2.05, 4.69) is 33.8 Å². The average Bonchev–Trinajstić information content (AvgIpc) is 2.85. The minimum absolute atomic E-state index is 0.00114. The van der Waals surface area contributed by atoms with Gasteiger partial charge in [0.05, 0.1) is 0 Å². The van der Waals surface area contributed by atoms with Crippen molar-refractivity contribution in [2.75, 3.05) is 0 Å². The molecule has 4 aliphatic carbocycles. The van der Waals surface area contributed by atoms with Gasteiger partial charge in [0.1, 0.15) is 0 Å². The maximum Gasteiger partial charge on any atom is 0.303 e. The first-order valence-corrected chi connectivity index (χ1v) is 10.8. The number of allylic oxidation sites excluding steroid dienone is 4. The van der Waals surface area contributed by atoms with Crippen LogP contribution < -0.4 is 0 Å². The third kappa shape index (κ3) is 2.68. The Balaban J connectivity index is 1.66. The van der Waals surface area contributed by atoms with Gasteiger partial charge in [0.25, 0.3) is 0 Å². The molecule has 3 nitrogen and oxygen atoms in total. The molecule has 0 heterocycles. The molecule has 0 aromatic rings. The summed E-state index contributed by atoms with van der Waals surface area (Å²) < 4.78 is 5.43. The van der Waals surface area contributed by atoms with Gasteiger partial charge in [0.2, 0.25) is 0 Å². The molecule has 0 amide bonds. The number of hydrogen-bond acceptors (Lipinski definition) is 3. The van der Waals surface area contributed by atoms with E-state index in [0.29, 0.717) is 30.1 Å². The molecule has 2 fully saturated rings. The summed E-state index contributed by atoms with van der Waals surface area (Å²) in [6, 6.07) is 0. The second-order valence-corrected chi connectivity index (χ2v) is 9.98. The van der Waals surface area contributed by atoms with Gasteiger partial charge in [-0.25, -0.2) is 0 Å². The van der Waals surface area contributed by atoms with Crippen LogP contribution in [-0.4, -0.2) is 17.9 Å². The fourth-order valence-corrected chi connectivity index (χ4v) is 7.54. The molecule has 0 saturated heterocycles. The Morgan fingerprint density at radius 2 is 2.00 bits per heavy atom. The Morgan fingerprint density at radius 3 is 2.67 bits per heavy atom. The predicted molar refractivity (Wildman–Crippen MR) is 106 cm³/mol. The third-order valence-electron chi connectivity index (χ3n) is 8.74. The molecule has 0 aliphatic heterocycles. The van der Waals surface area contributed by atoms with Crippen molar-refractivity contribution in [1.29, 1.82) is 0 Å². The van der Waals surface area contributed by atoms with Crippen molar-refractivity contribution in [3.63, 3.8) is 0 Å². The first-order valence-electron chi connectivity index (χ1n) is 10.8. The van der Waals surface area contributed by atoms with Gasteiger partial charge in [-0.2, -0.15) is 0 Å². The summed E-state index contributed by atoms with van der Waals surface area (Å²) in [7, 11) is 0. The molecule has 6 atom stereocenters. The van der Waals surface area contributed by atoms with Crippen LogP contribution in [0.3, 0.4) is 0 Å². The molecule has 0 bridgehead atoms. The molecule has 0 spiro atoms. The lowest BCUT2D eigenvalue weighted by Crippen LogP contribution is -2.52. The standard InChI is InChI=1S/C24H34O3/c1-6-18-14(2)11-20-17-8-7-16-12-21(26)22(27-15(3)25)13-24(16,5)19(17)9-10-23(18,20)4/h7,17,19-20,22H,6,8-13H2,1-5H3/t17-,19+,20+,22?,23-,24+/m1/s1. The smallest absolute Gasteiger partial charge is 0.303 e. The third-order valence-corrected chi connectivity index (χ3v) is 8.74. The topological polar surface area (TPSA) is 43.4 Å². The first kappa shape index (κ1) is 19.0. The Kier molecular flexibility index (Phi) is 4.44. The number of ether oxygens (including phenoxy) is 1. The van der Waals surface area contributed by atoms with Gasteiger partial charge in [-0.1, -0.05) is 43.6 Å². The zero-order chi connectivity index (χ0) is 19.6. The molecule has 0 radical (unpaired) electrons. The summed E-state index contributed by atoms with van der Waals surface area (Å²) >= 11 is 0. The lowest BCUT2D eigenvalue weighted by molar-refractivity contribution is -0.158. The van der Waals surface area contributed by atoms with E-state index in [4.69, 9.17) is 4.74 Å². The summed E-state index contributed by atoms with van der Waals surface area (Å²) in [6.07, 6.45) is 9.00. The highest BCUT2D eigenvalue weighted by molar-refractivity contribution is 5.88. The highest BCUT2D eigenvalue weighted by Gasteiger charge is 2.58. The van der Waals surface area contributed by atoms with Crippen LogP contribution >= 0.6 is 0 Å². The van der Waals surface area contributed by atoms with Gasteiger partial charge in [-0.15, -0.1) is 0 Å². The second kappa shape index (κ2) is 6.32. The molecule has 27 heavy (non-hydrogen) atoms. The predicted octanol–water partition coefficient (Wildman–Crippen LogP) is 5.40. The van der Waals surface area contributed by atoms with Gasteiger partial charge in [-0.3, -0.25) is 9.59 Å². The number of hydrogen-bond donors (Lipinski definition) is 0. The van der Waals surface area contributed by atoms with Crippen LogP contribution in [0.4, 0.5) is 0 Å². The molecule has 4 aliphatic rings. The van der Waals surface area contributed by atoms with Crippen molar-refractivity contribution in [3.8, 4) is 0 Å². The Labute approximate surface area is 163 Å². The average molecular weight is 371 g/mol. The summed E-state index contributed by atoms with van der Waals surface area (Å²) in [4.78, 5) is 24.0. The minimum Gasteiger partial charge on any atom is -0.455 e. The second-order valence-electron chi connectivity index (χ2n) is 9.98. The Morgan fingerprint density at radius 1 is 1.26 bits per heavy atom. The lowest BCUT2D eigenvalue weighted by atomic mass is 9.47. The monoisotopic (exact) mass is 370 g/mol. The van der Waals surface area contributed by atoms with Gasteiger partial charge in [-0.05, 0) is 67.6 Å². The van der Waals surface area contributed by atoms with Crippen LogP contribution in [0.15, 0.2) is 22.8 Å². The van der Waals surface area contributed by atoms with Crippen molar-refractivity contribution in [3.05, 3.63) is 22.8 Å². The number of esters is 1. The number of Topliss-reactive ketones (excluding diaryl/α,β-unsaturated/α-hetero) is 1. The van der Waals surface area contributed by atoms with Crippen LogP contribution in [0.5, 0.6) is 0 Å². The normalized spacial score (nSPS) is 43.6. The van der Waals surface area contributed by atoms with E-state index < -0.39 is 6.10 Å². The van der Waals surface area contributed by atoms with E-state index in [-0.39, 0.29) is 17.2 Å². The molecule has 148 valence electrons. The van der Waals surface area contributed by atoms with E-state index in [1.807, 2.05) is 0 Å². The number of carbonyl (C=O) groups excluding carboxylic acids is 2. The molecule has 1 unspecified atom stereocenters. The molecular formula is C24H34O3. The van der Waals surface area contributed by atoms with E-state index in [1.54, 1.807) is 11.1 Å². The number of rotatable bonds is 2. The number of fused-ring (bicyclic) bond motifs is 5. The van der Waals surface area contributed by atoms with Crippen molar-refractivity contribution in [2.24, 2.45) is 28.6 Å². The maximum atomic E-state index is 12.5. The van der Waals surface area contributed by atoms with E-state index in [0.717, 1.165) is 12.3 Å². The van der Waals surface area contributed by atoms with Crippen molar-refractivity contribution in [2.45, 2.75) is 85.7 Å². The van der Waals surface area contributed by atoms with Crippen LogP contribution in [0, 0.1) is 28.6 Å². The molecule has 4 rings (SSSR count). The summed E-state index contributed by atoms with van der Waals surface area (Å²) in [5.41, 5.74) is 5.02. The zero-order valence-electron chi connectivity index (χ0n) is 17.6. The van der Waals surface area contributed by atoms with E-state index >= 15 is 0 Å². The van der Waals surface area contributed by atoms with E-state index in [9.17, 15) is 9.59 Å². The first-order chi connectivity index (χ1) is 12.7. The van der Waals surface area contributed by atoms with Gasteiger partial charge < -0.3 is 4.74 Å². The lowest BCUT2D eigenvalue weighted by Gasteiger charge is -2.57. The number of ketones is 1. The van der Waals surface area contributed by atoms with Gasteiger partial charge in [0, 0.05) is 19.8 Å². The maximum absolute atomic E-state index is 12.5. The van der Waals surface area contributed by atoms with Crippen molar-refractivity contribution < 1.29 is 14.3 Å². The highest BCUT2D eigenvalue weighted by atomic mass is 16.5. The van der Waals surface area contributed by atoms with Crippen LogP contribution in [0.2, 0.25) is 0 Å². The summed E-state index contributed by atoms with van der Waals surface area (Å²) in [6.45, 7) is 10.9. The fourth-order valence-electron chi connectivity index (χ4n) is 7.54. The molecule has 0 N–H and O–H groups in total. The summed E-state index contributed by atoms with van der Waals surface area (Å²) in [5, 5.41) is 0. The SMILES string of the molecule is CCC1=C(C)C[C@H]2[C@@H]3CC=C4CC(=O)C(OC(C)=O)C[C@]4(C)[C@H]3CC[C@]12C. The van der Waals surface area contributed by atoms with Gasteiger partial charge in [0.15, 0.2) is 11.9 Å². The minimum atomic E-state index is -0.550. The Bertz CT molecular complexity index is 745. The highest BCUT2D eigenvalue weighted by Crippen LogP contribution is 2.66. The van der Waals surface area contributed by atoms with Crippen LogP contribution in [0.1, 0.15) is 79.6 Å². The number of carbonyl (C=O) groups is 2. The quantitative estimate of drug-likeness (QED) is 0.483. The van der Waals surface area contributed by atoms with Crippen molar-refractivity contribution >= 4 is 11.8 Å². The molecular weight excluding hydrogens is 336 g/mol.